The lowest BCUT2D eigenvalue weighted by molar-refractivity contribution is -0.111. The fourth-order valence-corrected chi connectivity index (χ4v) is 2.09. The minimum Gasteiger partial charge on any atom is -0.306 e. The van der Waals surface area contributed by atoms with Crippen molar-refractivity contribution in [3.05, 3.63) is 53.2 Å². The molecule has 23 heavy (non-hydrogen) atoms. The first-order valence-corrected chi connectivity index (χ1v) is 7.33. The molecule has 5 nitrogen and oxygen atoms in total. The van der Waals surface area contributed by atoms with Crippen LogP contribution in [0.15, 0.2) is 36.5 Å². The van der Waals surface area contributed by atoms with Crippen molar-refractivity contribution in [1.82, 2.24) is 9.78 Å². The van der Waals surface area contributed by atoms with E-state index in [9.17, 15) is 4.79 Å². The van der Waals surface area contributed by atoms with Gasteiger partial charge in [-0.1, -0.05) is 45.0 Å². The molecule has 0 radical (unpaired) electrons. The number of carbonyl (C=O) groups is 1. The van der Waals surface area contributed by atoms with Crippen molar-refractivity contribution in [2.24, 2.45) is 7.05 Å². The molecule has 2 aromatic rings. The van der Waals surface area contributed by atoms with Gasteiger partial charge in [0.2, 0.25) is 5.91 Å². The third-order valence-corrected chi connectivity index (χ3v) is 3.50. The maximum absolute atomic E-state index is 12.0. The molecule has 1 heterocycles. The number of hydrogen-bond acceptors (Lipinski definition) is 3. The highest BCUT2D eigenvalue weighted by molar-refractivity contribution is 6.02. The molecular weight excluding hydrogens is 288 g/mol. The topological polar surface area (TPSA) is 70.7 Å². The number of amides is 1. The lowest BCUT2D eigenvalue weighted by Crippen LogP contribution is -2.12. The number of hydrogen-bond donors (Lipinski definition) is 1. The summed E-state index contributed by atoms with van der Waals surface area (Å²) in [5.41, 5.74) is 2.63. The molecule has 0 aliphatic carbocycles. The molecule has 0 unspecified atom stereocenters. The maximum Gasteiger partial charge on any atom is 0.249 e. The van der Waals surface area contributed by atoms with Crippen molar-refractivity contribution in [3.8, 4) is 6.07 Å². The van der Waals surface area contributed by atoms with Gasteiger partial charge in [0.05, 0.1) is 6.20 Å². The van der Waals surface area contributed by atoms with E-state index in [-0.39, 0.29) is 11.3 Å². The largest absolute Gasteiger partial charge is 0.306 e. The van der Waals surface area contributed by atoms with E-state index in [0.29, 0.717) is 11.4 Å². The Bertz CT molecular complexity index is 771. The molecular formula is C18H20N4O. The predicted octanol–water partition coefficient (Wildman–Crippen LogP) is 3.24. The molecule has 1 amide bonds. The SMILES string of the molecule is Cn1ncc(C#N)c1NC(=O)/C=C/c1ccc(C(C)(C)C)cc1. The summed E-state index contributed by atoms with van der Waals surface area (Å²) in [4.78, 5) is 12.0. The second kappa shape index (κ2) is 6.49. The monoisotopic (exact) mass is 308 g/mol. The first-order chi connectivity index (χ1) is 10.8. The number of aryl methyl sites for hydroxylation is 1. The molecule has 0 saturated heterocycles. The number of nitriles is 1. The van der Waals surface area contributed by atoms with Crippen molar-refractivity contribution in [2.45, 2.75) is 26.2 Å². The summed E-state index contributed by atoms with van der Waals surface area (Å²) in [6.45, 7) is 6.48. The van der Waals surface area contributed by atoms with E-state index in [1.54, 1.807) is 13.1 Å². The zero-order chi connectivity index (χ0) is 17.0. The van der Waals surface area contributed by atoms with Gasteiger partial charge in [-0.3, -0.25) is 9.48 Å². The fraction of sp³-hybridized carbons (Fsp3) is 0.278. The number of carbonyl (C=O) groups excluding carboxylic acids is 1. The Hall–Kier alpha value is -2.87. The fourth-order valence-electron chi connectivity index (χ4n) is 2.09. The normalized spacial score (nSPS) is 11.4. The summed E-state index contributed by atoms with van der Waals surface area (Å²) >= 11 is 0. The molecule has 2 rings (SSSR count). The van der Waals surface area contributed by atoms with Crippen molar-refractivity contribution >= 4 is 17.8 Å². The molecule has 0 spiro atoms. The van der Waals surface area contributed by atoms with Crippen LogP contribution in [-0.4, -0.2) is 15.7 Å². The molecule has 0 fully saturated rings. The first kappa shape index (κ1) is 16.5. The van der Waals surface area contributed by atoms with Crippen molar-refractivity contribution in [3.63, 3.8) is 0 Å². The molecule has 1 aromatic carbocycles. The highest BCUT2D eigenvalue weighted by atomic mass is 16.1. The van der Waals surface area contributed by atoms with Crippen LogP contribution in [0, 0.1) is 11.3 Å². The van der Waals surface area contributed by atoms with Gasteiger partial charge in [0.25, 0.3) is 0 Å². The van der Waals surface area contributed by atoms with Gasteiger partial charge >= 0.3 is 0 Å². The summed E-state index contributed by atoms with van der Waals surface area (Å²) in [5.74, 6) is 0.0928. The maximum atomic E-state index is 12.0. The Morgan fingerprint density at radius 3 is 2.52 bits per heavy atom. The first-order valence-electron chi connectivity index (χ1n) is 7.33. The minimum atomic E-state index is -0.301. The van der Waals surface area contributed by atoms with Crippen molar-refractivity contribution in [2.75, 3.05) is 5.32 Å². The Morgan fingerprint density at radius 2 is 1.96 bits per heavy atom. The second-order valence-electron chi connectivity index (χ2n) is 6.34. The number of nitrogens with one attached hydrogen (secondary N) is 1. The quantitative estimate of drug-likeness (QED) is 0.885. The van der Waals surface area contributed by atoms with E-state index in [2.05, 4.69) is 43.3 Å². The average molecular weight is 308 g/mol. The van der Waals surface area contributed by atoms with Crippen molar-refractivity contribution in [1.29, 1.82) is 5.26 Å². The summed E-state index contributed by atoms with van der Waals surface area (Å²) in [6, 6.07) is 10.1. The molecule has 0 aliphatic heterocycles. The zero-order valence-corrected chi connectivity index (χ0v) is 13.8. The highest BCUT2D eigenvalue weighted by Crippen LogP contribution is 2.22. The van der Waals surface area contributed by atoms with Gasteiger partial charge in [-0.05, 0) is 22.6 Å². The van der Waals surface area contributed by atoms with Gasteiger partial charge in [-0.25, -0.2) is 0 Å². The Labute approximate surface area is 136 Å². The summed E-state index contributed by atoms with van der Waals surface area (Å²) in [6.07, 6.45) is 4.61. The number of benzene rings is 1. The molecule has 0 bridgehead atoms. The van der Waals surface area contributed by atoms with Gasteiger partial charge < -0.3 is 5.32 Å². The predicted molar refractivity (Wildman–Crippen MR) is 90.7 cm³/mol. The van der Waals surface area contributed by atoms with Crippen LogP contribution >= 0.6 is 0 Å². The van der Waals surface area contributed by atoms with Crippen LogP contribution in [0.4, 0.5) is 5.82 Å². The number of aromatic nitrogens is 2. The minimum absolute atomic E-state index is 0.104. The second-order valence-corrected chi connectivity index (χ2v) is 6.34. The molecule has 5 heteroatoms. The average Bonchev–Trinajstić information content (AvgIpc) is 2.85. The zero-order valence-electron chi connectivity index (χ0n) is 13.8. The van der Waals surface area contributed by atoms with Crippen LogP contribution in [0.25, 0.3) is 6.08 Å². The molecule has 0 saturated carbocycles. The summed E-state index contributed by atoms with van der Waals surface area (Å²) in [7, 11) is 1.67. The van der Waals surface area contributed by atoms with E-state index in [4.69, 9.17) is 5.26 Å². The third kappa shape index (κ3) is 4.07. The van der Waals surface area contributed by atoms with E-state index in [1.165, 1.54) is 22.5 Å². The molecule has 0 atom stereocenters. The van der Waals surface area contributed by atoms with Crippen LogP contribution in [-0.2, 0) is 17.3 Å². The standard InChI is InChI=1S/C18H20N4O/c1-18(2,3)15-8-5-13(6-9-15)7-10-16(23)21-17-14(11-19)12-20-22(17)4/h5-10,12H,1-4H3,(H,21,23)/b10-7+. The van der Waals surface area contributed by atoms with Gasteiger partial charge in [0.15, 0.2) is 0 Å². The smallest absolute Gasteiger partial charge is 0.249 e. The highest BCUT2D eigenvalue weighted by Gasteiger charge is 2.12. The molecule has 0 aliphatic rings. The van der Waals surface area contributed by atoms with E-state index < -0.39 is 0 Å². The van der Waals surface area contributed by atoms with Crippen molar-refractivity contribution < 1.29 is 4.79 Å². The Morgan fingerprint density at radius 1 is 1.30 bits per heavy atom. The van der Waals surface area contributed by atoms with Crippen LogP contribution in [0.2, 0.25) is 0 Å². The lowest BCUT2D eigenvalue weighted by atomic mass is 9.87. The van der Waals surface area contributed by atoms with Crippen LogP contribution in [0.5, 0.6) is 0 Å². The van der Waals surface area contributed by atoms with Gasteiger partial charge in [0, 0.05) is 13.1 Å². The van der Waals surface area contributed by atoms with Crippen LogP contribution < -0.4 is 5.32 Å². The van der Waals surface area contributed by atoms with Crippen LogP contribution in [0.1, 0.15) is 37.5 Å². The number of rotatable bonds is 3. The van der Waals surface area contributed by atoms with E-state index in [1.807, 2.05) is 18.2 Å². The lowest BCUT2D eigenvalue weighted by Gasteiger charge is -2.18. The van der Waals surface area contributed by atoms with E-state index in [0.717, 1.165) is 5.56 Å². The van der Waals surface area contributed by atoms with Crippen LogP contribution in [0.3, 0.4) is 0 Å². The summed E-state index contributed by atoms with van der Waals surface area (Å²) in [5, 5.41) is 15.6. The Kier molecular flexibility index (Phi) is 4.65. The number of anilines is 1. The third-order valence-electron chi connectivity index (χ3n) is 3.50. The Balaban J connectivity index is 2.07. The molecule has 1 aromatic heterocycles. The molecule has 118 valence electrons. The summed E-state index contributed by atoms with van der Waals surface area (Å²) < 4.78 is 1.46. The number of nitrogens with zero attached hydrogens (tertiary/aromatic N) is 3. The van der Waals surface area contributed by atoms with Gasteiger partial charge in [-0.15, -0.1) is 0 Å². The van der Waals surface area contributed by atoms with Gasteiger partial charge in [-0.2, -0.15) is 10.4 Å². The van der Waals surface area contributed by atoms with Gasteiger partial charge in [0.1, 0.15) is 17.5 Å². The molecule has 1 N–H and O–H groups in total. The van der Waals surface area contributed by atoms with E-state index >= 15 is 0 Å².